The molecule has 7 heteroatoms. The first-order valence-electron chi connectivity index (χ1n) is 10.4. The van der Waals surface area contributed by atoms with Crippen molar-refractivity contribution in [3.63, 3.8) is 0 Å². The number of hydrogen-bond acceptors (Lipinski definition) is 4. The third kappa shape index (κ3) is 6.11. The molecule has 3 rings (SSSR count). The first kappa shape index (κ1) is 23.3. The third-order valence-corrected chi connectivity index (χ3v) is 6.93. The molecule has 3 aromatic carbocycles. The van der Waals surface area contributed by atoms with Crippen LogP contribution in [0.4, 0.5) is 5.69 Å². The number of ether oxygens (including phenoxy) is 1. The van der Waals surface area contributed by atoms with Crippen LogP contribution in [0.15, 0.2) is 83.8 Å². The van der Waals surface area contributed by atoms with Gasteiger partial charge in [-0.05, 0) is 55.3 Å². The Labute approximate surface area is 189 Å². The Bertz CT molecular complexity index is 1110. The van der Waals surface area contributed by atoms with Crippen LogP contribution in [0, 0.1) is 6.92 Å². The van der Waals surface area contributed by atoms with Crippen LogP contribution in [0.25, 0.3) is 0 Å². The summed E-state index contributed by atoms with van der Waals surface area (Å²) in [6.45, 7) is 2.43. The van der Waals surface area contributed by atoms with Crippen LogP contribution >= 0.6 is 0 Å². The SMILES string of the molecule is COc1ccc(CCNC(=O)CCN(c2ccccc2)S(=O)(=O)c2ccc(C)cc2)cc1. The maximum Gasteiger partial charge on any atom is 0.264 e. The van der Waals surface area contributed by atoms with Gasteiger partial charge in [-0.15, -0.1) is 0 Å². The molecule has 0 saturated heterocycles. The van der Waals surface area contributed by atoms with E-state index < -0.39 is 10.0 Å². The van der Waals surface area contributed by atoms with Gasteiger partial charge in [-0.2, -0.15) is 0 Å². The van der Waals surface area contributed by atoms with Crippen LogP contribution in [-0.4, -0.2) is 34.5 Å². The van der Waals surface area contributed by atoms with Crippen LogP contribution in [0.3, 0.4) is 0 Å². The summed E-state index contributed by atoms with van der Waals surface area (Å²) in [5.41, 5.74) is 2.59. The number of nitrogens with one attached hydrogen (secondary N) is 1. The van der Waals surface area contributed by atoms with Gasteiger partial charge in [0.05, 0.1) is 17.7 Å². The minimum atomic E-state index is -3.80. The molecule has 0 unspecified atom stereocenters. The van der Waals surface area contributed by atoms with Crippen molar-refractivity contribution in [3.05, 3.63) is 90.0 Å². The quantitative estimate of drug-likeness (QED) is 0.505. The fourth-order valence-corrected chi connectivity index (χ4v) is 4.72. The van der Waals surface area contributed by atoms with Crippen LogP contribution in [-0.2, 0) is 21.2 Å². The number of amides is 1. The topological polar surface area (TPSA) is 75.7 Å². The van der Waals surface area contributed by atoms with Gasteiger partial charge in [0, 0.05) is 19.5 Å². The van der Waals surface area contributed by atoms with Gasteiger partial charge < -0.3 is 10.1 Å². The maximum atomic E-state index is 13.3. The summed E-state index contributed by atoms with van der Waals surface area (Å²) in [5, 5.41) is 2.87. The number of aryl methyl sites for hydroxylation is 1. The van der Waals surface area contributed by atoms with E-state index in [2.05, 4.69) is 5.32 Å². The molecule has 0 spiro atoms. The van der Waals surface area contributed by atoms with Gasteiger partial charge in [-0.25, -0.2) is 8.42 Å². The Kier molecular flexibility index (Phi) is 7.89. The second-order valence-corrected chi connectivity index (χ2v) is 9.29. The molecule has 0 radical (unpaired) electrons. The lowest BCUT2D eigenvalue weighted by Gasteiger charge is -2.24. The Morgan fingerprint density at radius 3 is 2.22 bits per heavy atom. The lowest BCUT2D eigenvalue weighted by atomic mass is 10.1. The minimum absolute atomic E-state index is 0.0502. The van der Waals surface area contributed by atoms with Gasteiger partial charge >= 0.3 is 0 Å². The summed E-state index contributed by atoms with van der Waals surface area (Å²) in [6.07, 6.45) is 0.738. The van der Waals surface area contributed by atoms with E-state index in [-0.39, 0.29) is 23.8 Å². The summed E-state index contributed by atoms with van der Waals surface area (Å²) in [5.74, 6) is 0.590. The second kappa shape index (κ2) is 10.8. The van der Waals surface area contributed by atoms with Crippen molar-refractivity contribution >= 4 is 21.6 Å². The predicted octanol–water partition coefficient (Wildman–Crippen LogP) is 3.95. The van der Waals surface area contributed by atoms with Crippen LogP contribution in [0.2, 0.25) is 0 Å². The molecule has 0 aliphatic carbocycles. The number of benzene rings is 3. The van der Waals surface area contributed by atoms with Crippen molar-refractivity contribution in [3.8, 4) is 5.75 Å². The molecule has 0 bridgehead atoms. The molecule has 0 aliphatic rings. The number of carbonyl (C=O) groups excluding carboxylic acids is 1. The second-order valence-electron chi connectivity index (χ2n) is 7.42. The molecule has 168 valence electrons. The Hall–Kier alpha value is -3.32. The maximum absolute atomic E-state index is 13.3. The molecule has 1 amide bonds. The predicted molar refractivity (Wildman–Crippen MR) is 126 cm³/mol. The van der Waals surface area contributed by atoms with Crippen LogP contribution < -0.4 is 14.4 Å². The molecule has 0 fully saturated rings. The number of para-hydroxylation sites is 1. The number of rotatable bonds is 10. The van der Waals surface area contributed by atoms with Gasteiger partial charge in [0.1, 0.15) is 5.75 Å². The lowest BCUT2D eigenvalue weighted by molar-refractivity contribution is -0.120. The van der Waals surface area contributed by atoms with Crippen molar-refractivity contribution in [2.75, 3.05) is 24.5 Å². The van der Waals surface area contributed by atoms with E-state index in [0.29, 0.717) is 18.7 Å². The highest BCUT2D eigenvalue weighted by Crippen LogP contribution is 2.24. The van der Waals surface area contributed by atoms with Crippen molar-refractivity contribution < 1.29 is 17.9 Å². The molecule has 0 heterocycles. The number of anilines is 1. The van der Waals surface area contributed by atoms with Crippen molar-refractivity contribution in [2.45, 2.75) is 24.7 Å². The van der Waals surface area contributed by atoms with E-state index in [9.17, 15) is 13.2 Å². The molecular formula is C25H28N2O4S. The van der Waals surface area contributed by atoms with Gasteiger partial charge in [0.2, 0.25) is 5.91 Å². The van der Waals surface area contributed by atoms with Gasteiger partial charge in [0.25, 0.3) is 10.0 Å². The first-order chi connectivity index (χ1) is 15.4. The van der Waals surface area contributed by atoms with Gasteiger partial charge in [-0.1, -0.05) is 48.0 Å². The van der Waals surface area contributed by atoms with Gasteiger partial charge in [-0.3, -0.25) is 9.10 Å². The highest BCUT2D eigenvalue weighted by atomic mass is 32.2. The van der Waals surface area contributed by atoms with Crippen LogP contribution in [0.1, 0.15) is 17.5 Å². The van der Waals surface area contributed by atoms with Crippen molar-refractivity contribution in [1.29, 1.82) is 0 Å². The molecule has 0 saturated carbocycles. The molecule has 3 aromatic rings. The molecule has 6 nitrogen and oxygen atoms in total. The molecule has 1 N–H and O–H groups in total. The highest BCUT2D eigenvalue weighted by Gasteiger charge is 2.25. The minimum Gasteiger partial charge on any atom is -0.497 e. The molecule has 32 heavy (non-hydrogen) atoms. The van der Waals surface area contributed by atoms with Crippen molar-refractivity contribution in [1.82, 2.24) is 5.32 Å². The number of methoxy groups -OCH3 is 1. The number of hydrogen-bond donors (Lipinski definition) is 1. The number of carbonyl (C=O) groups is 1. The Morgan fingerprint density at radius 2 is 1.59 bits per heavy atom. The molecular weight excluding hydrogens is 424 g/mol. The fourth-order valence-electron chi connectivity index (χ4n) is 3.25. The monoisotopic (exact) mass is 452 g/mol. The summed E-state index contributed by atoms with van der Waals surface area (Å²) < 4.78 is 33.0. The summed E-state index contributed by atoms with van der Waals surface area (Å²) >= 11 is 0. The van der Waals surface area contributed by atoms with Gasteiger partial charge in [0.15, 0.2) is 0 Å². The van der Waals surface area contributed by atoms with E-state index in [4.69, 9.17) is 4.74 Å². The molecule has 0 aliphatic heterocycles. The van der Waals surface area contributed by atoms with E-state index in [0.717, 1.165) is 16.9 Å². The molecule has 0 aromatic heterocycles. The average molecular weight is 453 g/mol. The number of sulfonamides is 1. The Balaban J connectivity index is 1.63. The summed E-state index contributed by atoms with van der Waals surface area (Å²) in [6, 6.07) is 23.2. The zero-order chi connectivity index (χ0) is 23.0. The fraction of sp³-hybridized carbons (Fsp3) is 0.240. The average Bonchev–Trinajstić information content (AvgIpc) is 2.80. The zero-order valence-corrected chi connectivity index (χ0v) is 19.1. The summed E-state index contributed by atoms with van der Waals surface area (Å²) in [4.78, 5) is 12.6. The smallest absolute Gasteiger partial charge is 0.264 e. The highest BCUT2D eigenvalue weighted by molar-refractivity contribution is 7.92. The standard InChI is InChI=1S/C25H28N2O4S/c1-20-8-14-24(15-9-20)32(29,30)27(22-6-4-3-5-7-22)19-17-25(28)26-18-16-21-10-12-23(31-2)13-11-21/h3-15H,16-19H2,1-2H3,(H,26,28). The zero-order valence-electron chi connectivity index (χ0n) is 18.3. The number of nitrogens with zero attached hydrogens (tertiary/aromatic N) is 1. The summed E-state index contributed by atoms with van der Waals surface area (Å²) in [7, 11) is -2.18. The Morgan fingerprint density at radius 1 is 0.938 bits per heavy atom. The normalized spacial score (nSPS) is 11.1. The van der Waals surface area contributed by atoms with E-state index in [1.807, 2.05) is 37.3 Å². The van der Waals surface area contributed by atoms with E-state index >= 15 is 0 Å². The van der Waals surface area contributed by atoms with Crippen LogP contribution in [0.5, 0.6) is 5.75 Å². The third-order valence-electron chi connectivity index (χ3n) is 5.09. The molecule has 0 atom stereocenters. The van der Waals surface area contributed by atoms with Crippen molar-refractivity contribution in [2.24, 2.45) is 0 Å². The van der Waals surface area contributed by atoms with E-state index in [1.165, 1.54) is 4.31 Å². The lowest BCUT2D eigenvalue weighted by Crippen LogP contribution is -2.35. The largest absolute Gasteiger partial charge is 0.497 e. The van der Waals surface area contributed by atoms with E-state index in [1.54, 1.807) is 55.6 Å². The first-order valence-corrected chi connectivity index (χ1v) is 11.9.